The van der Waals surface area contributed by atoms with Gasteiger partial charge in [-0.2, -0.15) is 12.6 Å². The van der Waals surface area contributed by atoms with Crippen molar-refractivity contribution in [1.82, 2.24) is 47.4 Å². The van der Waals surface area contributed by atoms with Crippen molar-refractivity contribution < 1.29 is 87.2 Å². The molecule has 0 aromatic rings. The molecule has 32 heteroatoms. The van der Waals surface area contributed by atoms with E-state index in [2.05, 4.69) is 49.8 Å². The van der Waals surface area contributed by atoms with Crippen LogP contribution in [0.3, 0.4) is 0 Å². The molecular formula is C42H67N13O18S. The average molecular weight is 1070 g/mol. The second-order valence-electron chi connectivity index (χ2n) is 17.4. The Bertz CT molecular complexity index is 2130. The van der Waals surface area contributed by atoms with Gasteiger partial charge < -0.3 is 85.7 Å². The highest BCUT2D eigenvalue weighted by atomic mass is 32.1. The Labute approximate surface area is 428 Å². The molecule has 0 bridgehead atoms. The molecule has 1 aliphatic rings. The maximum atomic E-state index is 14.1. The summed E-state index contributed by atoms with van der Waals surface area (Å²) in [7, 11) is 0. The van der Waals surface area contributed by atoms with Gasteiger partial charge in [0.2, 0.25) is 76.8 Å². The van der Waals surface area contributed by atoms with E-state index in [0.29, 0.717) is 0 Å². The van der Waals surface area contributed by atoms with Crippen LogP contribution in [0.5, 0.6) is 0 Å². The summed E-state index contributed by atoms with van der Waals surface area (Å²) in [6, 6.07) is -14.5. The highest BCUT2D eigenvalue weighted by Gasteiger charge is 2.41. The Hall–Kier alpha value is -7.64. The molecule has 9 unspecified atom stereocenters. The summed E-state index contributed by atoms with van der Waals surface area (Å²) >= 11 is 4.15. The van der Waals surface area contributed by atoms with Crippen molar-refractivity contribution in [2.24, 2.45) is 28.9 Å². The van der Waals surface area contributed by atoms with Gasteiger partial charge in [0.25, 0.3) is 0 Å². The molecule has 0 spiro atoms. The molecule has 9 atom stereocenters. The van der Waals surface area contributed by atoms with Crippen LogP contribution >= 0.6 is 12.6 Å². The maximum Gasteiger partial charge on any atom is 0.326 e. The standard InChI is InChI=1S/C42H67N13O18S/c1-18(2)33(54-37(67)25(16-56)47-19(3)57)40(70)50-22(7-11-29(44)59)41(71)55-14-4-5-27(55)39(69)53-26(17-74)38(68)49-20(6-10-28(43)58)34(64)48-21(9-13-32(62)63)35(65)52-24(15-31(46)61)36(66)51-23(42(72)73)8-12-30(45)60/h18,20-27,33,56,74H,4-17H2,1-3H3,(H2,43,58)(H2,44,59)(H2,45,60)(H2,46,61)(H,47,57)(H,48,64)(H,49,68)(H,50,70)(H,51,66)(H,52,65)(H,53,69)(H,54,67)(H,62,63)(H,72,73). The number of hydrogen-bond acceptors (Lipinski definition) is 17. The maximum absolute atomic E-state index is 14.1. The average Bonchev–Trinajstić information content (AvgIpc) is 3.80. The Kier molecular flexibility index (Phi) is 27.6. The third kappa shape index (κ3) is 22.8. The van der Waals surface area contributed by atoms with Crippen molar-refractivity contribution in [3.8, 4) is 0 Å². The van der Waals surface area contributed by atoms with Gasteiger partial charge in [-0.3, -0.25) is 67.1 Å². The lowest BCUT2D eigenvalue weighted by molar-refractivity contribution is -0.143. The number of aliphatic hydroxyl groups excluding tert-OH is 1. The molecule has 74 heavy (non-hydrogen) atoms. The number of nitrogens with one attached hydrogen (secondary N) is 8. The van der Waals surface area contributed by atoms with Crippen LogP contribution in [-0.2, 0) is 71.9 Å². The zero-order valence-corrected chi connectivity index (χ0v) is 41.7. The van der Waals surface area contributed by atoms with E-state index < -0.39 is 213 Å². The number of amides is 13. The topological polar surface area (TPSA) is 520 Å². The summed E-state index contributed by atoms with van der Waals surface area (Å²) in [5, 5.41) is 46.7. The monoisotopic (exact) mass is 1070 g/mol. The van der Waals surface area contributed by atoms with Crippen molar-refractivity contribution in [3.63, 3.8) is 0 Å². The van der Waals surface area contributed by atoms with Crippen molar-refractivity contribution in [1.29, 1.82) is 0 Å². The summed E-state index contributed by atoms with van der Waals surface area (Å²) in [5.74, 6) is -17.3. The first-order valence-corrected chi connectivity index (χ1v) is 23.7. The fourth-order valence-electron chi connectivity index (χ4n) is 7.13. The van der Waals surface area contributed by atoms with Crippen molar-refractivity contribution in [2.75, 3.05) is 18.9 Å². The minimum Gasteiger partial charge on any atom is -0.481 e. The number of likely N-dealkylation sites (tertiary alicyclic amines) is 1. The van der Waals surface area contributed by atoms with Gasteiger partial charge in [0.1, 0.15) is 54.4 Å². The minimum atomic E-state index is -1.92. The molecule has 414 valence electrons. The predicted octanol–water partition coefficient (Wildman–Crippen LogP) is -7.92. The molecule has 1 aliphatic heterocycles. The number of thiol groups is 1. The fourth-order valence-corrected chi connectivity index (χ4v) is 7.39. The minimum absolute atomic E-state index is 0.0200. The van der Waals surface area contributed by atoms with E-state index in [9.17, 15) is 87.2 Å². The molecule has 0 radical (unpaired) electrons. The van der Waals surface area contributed by atoms with Gasteiger partial charge in [-0.25, -0.2) is 4.79 Å². The Morgan fingerprint density at radius 3 is 1.42 bits per heavy atom. The Balaban J connectivity index is 3.40. The van der Waals surface area contributed by atoms with Gasteiger partial charge in [0.05, 0.1) is 13.0 Å². The number of carbonyl (C=O) groups excluding carboxylic acids is 13. The molecule has 1 saturated heterocycles. The van der Waals surface area contributed by atoms with E-state index >= 15 is 0 Å². The third-order valence-corrected chi connectivity index (χ3v) is 11.4. The SMILES string of the molecule is CC(=O)NC(CO)C(=O)NC(C(=O)NC(CCC(N)=O)C(=O)N1CCCC1C(=O)NC(CS)C(=O)NC(CCC(N)=O)C(=O)NC(CCC(=O)O)C(=O)NC(CC(N)=O)C(=O)NC(CCC(N)=O)C(=O)O)C(C)C. The van der Waals surface area contributed by atoms with E-state index in [0.717, 1.165) is 11.8 Å². The number of rotatable bonds is 34. The highest BCUT2D eigenvalue weighted by Crippen LogP contribution is 2.21. The van der Waals surface area contributed by atoms with Crippen molar-refractivity contribution in [2.45, 2.75) is 146 Å². The van der Waals surface area contributed by atoms with E-state index in [-0.39, 0.29) is 25.8 Å². The van der Waals surface area contributed by atoms with Crippen molar-refractivity contribution >= 4 is 101 Å². The van der Waals surface area contributed by atoms with Gasteiger partial charge in [-0.15, -0.1) is 0 Å². The van der Waals surface area contributed by atoms with Gasteiger partial charge in [0, 0.05) is 44.9 Å². The molecule has 1 fully saturated rings. The quantitative estimate of drug-likeness (QED) is 0.0266. The number of carboxylic acid groups (broad SMARTS) is 2. The highest BCUT2D eigenvalue weighted by molar-refractivity contribution is 7.80. The summed E-state index contributed by atoms with van der Waals surface area (Å²) in [5.41, 5.74) is 20.9. The van der Waals surface area contributed by atoms with Crippen LogP contribution in [0.4, 0.5) is 0 Å². The number of primary amides is 4. The number of carboxylic acids is 2. The van der Waals surface area contributed by atoms with Crippen LogP contribution in [0.2, 0.25) is 0 Å². The van der Waals surface area contributed by atoms with Gasteiger partial charge >= 0.3 is 11.9 Å². The van der Waals surface area contributed by atoms with Crippen molar-refractivity contribution in [3.05, 3.63) is 0 Å². The molecule has 19 N–H and O–H groups in total. The third-order valence-electron chi connectivity index (χ3n) is 11.0. The van der Waals surface area contributed by atoms with Crippen LogP contribution in [0.25, 0.3) is 0 Å². The number of aliphatic hydroxyl groups is 1. The molecule has 0 saturated carbocycles. The van der Waals surface area contributed by atoms with Crippen LogP contribution < -0.4 is 65.5 Å². The number of aliphatic carboxylic acids is 2. The lowest BCUT2D eigenvalue weighted by atomic mass is 10.0. The molecular weight excluding hydrogens is 1010 g/mol. The molecule has 1 rings (SSSR count). The second kappa shape index (κ2) is 31.7. The van der Waals surface area contributed by atoms with E-state index in [1.165, 1.54) is 0 Å². The first kappa shape index (κ1) is 64.4. The van der Waals surface area contributed by atoms with Crippen LogP contribution in [0.1, 0.15) is 91.4 Å². The Morgan fingerprint density at radius 1 is 0.541 bits per heavy atom. The number of nitrogens with zero attached hydrogens (tertiary/aromatic N) is 1. The zero-order chi connectivity index (χ0) is 56.6. The molecule has 13 amide bonds. The first-order chi connectivity index (χ1) is 34.5. The Morgan fingerprint density at radius 2 is 0.973 bits per heavy atom. The molecule has 0 aromatic carbocycles. The number of nitrogens with two attached hydrogens (primary N) is 4. The molecule has 0 aliphatic carbocycles. The predicted molar refractivity (Wildman–Crippen MR) is 255 cm³/mol. The number of hydrogen-bond donors (Lipinski definition) is 16. The lowest BCUT2D eigenvalue weighted by Crippen LogP contribution is -2.61. The van der Waals surface area contributed by atoms with Crippen LogP contribution in [0.15, 0.2) is 0 Å². The summed E-state index contributed by atoms with van der Waals surface area (Å²) in [4.78, 5) is 191. The molecule has 1 heterocycles. The second-order valence-corrected chi connectivity index (χ2v) is 17.7. The molecule has 31 nitrogen and oxygen atoms in total. The zero-order valence-electron chi connectivity index (χ0n) is 40.8. The van der Waals surface area contributed by atoms with E-state index in [1.54, 1.807) is 13.8 Å². The van der Waals surface area contributed by atoms with E-state index in [4.69, 9.17) is 22.9 Å². The van der Waals surface area contributed by atoms with E-state index in [1.807, 2.05) is 5.32 Å². The van der Waals surface area contributed by atoms with Gasteiger partial charge in [0.15, 0.2) is 0 Å². The van der Waals surface area contributed by atoms with Gasteiger partial charge in [-0.05, 0) is 44.4 Å². The molecule has 0 aromatic heterocycles. The number of carbonyl (C=O) groups is 15. The summed E-state index contributed by atoms with van der Waals surface area (Å²) < 4.78 is 0. The summed E-state index contributed by atoms with van der Waals surface area (Å²) in [6.45, 7) is 3.32. The lowest BCUT2D eigenvalue weighted by Gasteiger charge is -2.31. The van der Waals surface area contributed by atoms with Crippen LogP contribution in [0, 0.1) is 5.92 Å². The fraction of sp³-hybridized carbons (Fsp3) is 0.643. The first-order valence-electron chi connectivity index (χ1n) is 23.0. The smallest absolute Gasteiger partial charge is 0.326 e. The normalized spacial score (nSPS) is 16.2. The summed E-state index contributed by atoms with van der Waals surface area (Å²) in [6.07, 6.45) is -5.07. The largest absolute Gasteiger partial charge is 0.481 e. The van der Waals surface area contributed by atoms with Gasteiger partial charge in [-0.1, -0.05) is 13.8 Å². The van der Waals surface area contributed by atoms with Crippen LogP contribution in [-0.4, -0.2) is 182 Å².